The van der Waals surface area contributed by atoms with E-state index in [1.807, 2.05) is 6.92 Å². The number of benzene rings is 1. The summed E-state index contributed by atoms with van der Waals surface area (Å²) < 4.78 is 39.3. The summed E-state index contributed by atoms with van der Waals surface area (Å²) in [5.74, 6) is -4.10. The van der Waals surface area contributed by atoms with Crippen molar-refractivity contribution in [3.05, 3.63) is 47.7 Å². The molecular weight excluding hydrogens is 285 g/mol. The fourth-order valence-electron chi connectivity index (χ4n) is 1.55. The van der Waals surface area contributed by atoms with Crippen LogP contribution in [0.4, 0.5) is 24.7 Å². The van der Waals surface area contributed by atoms with Crippen LogP contribution in [0.25, 0.3) is 0 Å². The van der Waals surface area contributed by atoms with Gasteiger partial charge in [-0.2, -0.15) is 0 Å². The van der Waals surface area contributed by atoms with Gasteiger partial charge in [-0.05, 0) is 6.92 Å². The molecule has 0 fully saturated rings. The first-order chi connectivity index (χ1) is 10.0. The summed E-state index contributed by atoms with van der Waals surface area (Å²) in [4.78, 5) is 19.7. The molecule has 0 radical (unpaired) electrons. The number of amides is 1. The number of anilines is 2. The third-order valence-electron chi connectivity index (χ3n) is 2.48. The minimum absolute atomic E-state index is 0.0856. The van der Waals surface area contributed by atoms with Crippen molar-refractivity contribution in [2.75, 3.05) is 17.2 Å². The summed E-state index contributed by atoms with van der Waals surface area (Å²) in [5.41, 5.74) is -0.563. The maximum Gasteiger partial charge on any atom is 0.276 e. The zero-order chi connectivity index (χ0) is 15.4. The van der Waals surface area contributed by atoms with Crippen LogP contribution in [0.15, 0.2) is 24.5 Å². The lowest BCUT2D eigenvalue weighted by atomic mass is 10.2. The number of carbonyl (C=O) groups excluding carboxylic acids is 1. The summed E-state index contributed by atoms with van der Waals surface area (Å²) in [6, 6.07) is 0.913. The third kappa shape index (κ3) is 3.47. The Morgan fingerprint density at radius 1 is 1.14 bits per heavy atom. The van der Waals surface area contributed by atoms with Gasteiger partial charge in [-0.15, -0.1) is 0 Å². The number of nitrogens with one attached hydrogen (secondary N) is 2. The van der Waals surface area contributed by atoms with E-state index >= 15 is 0 Å². The first-order valence-corrected chi connectivity index (χ1v) is 6.03. The van der Waals surface area contributed by atoms with Gasteiger partial charge in [-0.1, -0.05) is 0 Å². The second kappa shape index (κ2) is 6.21. The molecule has 2 rings (SSSR count). The molecule has 5 nitrogen and oxygen atoms in total. The first-order valence-electron chi connectivity index (χ1n) is 6.03. The molecule has 2 aromatic rings. The van der Waals surface area contributed by atoms with Crippen LogP contribution in [0.2, 0.25) is 0 Å². The molecule has 0 saturated carbocycles. The topological polar surface area (TPSA) is 66.9 Å². The summed E-state index contributed by atoms with van der Waals surface area (Å²) in [6.07, 6.45) is 2.59. The van der Waals surface area contributed by atoms with Gasteiger partial charge in [0.05, 0.1) is 18.1 Å². The van der Waals surface area contributed by atoms with Crippen molar-refractivity contribution in [2.45, 2.75) is 6.92 Å². The lowest BCUT2D eigenvalue weighted by Crippen LogP contribution is -2.16. The van der Waals surface area contributed by atoms with Crippen LogP contribution >= 0.6 is 0 Å². The normalized spacial score (nSPS) is 10.3. The Kier molecular flexibility index (Phi) is 4.36. The SMILES string of the molecule is CCNc1cncc(C(=O)Nc2cc(F)c(F)cc2F)n1. The third-order valence-corrected chi connectivity index (χ3v) is 2.48. The highest BCUT2D eigenvalue weighted by Crippen LogP contribution is 2.19. The molecule has 1 amide bonds. The van der Waals surface area contributed by atoms with E-state index in [9.17, 15) is 18.0 Å². The largest absolute Gasteiger partial charge is 0.369 e. The molecule has 8 heteroatoms. The molecule has 110 valence electrons. The predicted molar refractivity (Wildman–Crippen MR) is 70.5 cm³/mol. The van der Waals surface area contributed by atoms with E-state index in [1.54, 1.807) is 0 Å². The molecule has 2 N–H and O–H groups in total. The van der Waals surface area contributed by atoms with Gasteiger partial charge in [-0.3, -0.25) is 9.78 Å². The molecule has 0 saturated heterocycles. The van der Waals surface area contributed by atoms with E-state index < -0.39 is 29.0 Å². The Bertz CT molecular complexity index is 678. The molecule has 0 unspecified atom stereocenters. The molecule has 0 spiro atoms. The molecule has 1 aromatic carbocycles. The quantitative estimate of drug-likeness (QED) is 0.851. The number of aromatic nitrogens is 2. The summed E-state index contributed by atoms with van der Waals surface area (Å²) in [5, 5.41) is 4.97. The molecule has 1 heterocycles. The number of halogens is 3. The molecule has 0 atom stereocenters. The molecule has 0 bridgehead atoms. The van der Waals surface area contributed by atoms with Crippen LogP contribution in [0, 0.1) is 17.5 Å². The zero-order valence-corrected chi connectivity index (χ0v) is 11.0. The molecule has 0 aliphatic carbocycles. The number of hydrogen-bond acceptors (Lipinski definition) is 4. The summed E-state index contributed by atoms with van der Waals surface area (Å²) >= 11 is 0. The van der Waals surface area contributed by atoms with Crippen molar-refractivity contribution < 1.29 is 18.0 Å². The van der Waals surface area contributed by atoms with Gasteiger partial charge in [0.15, 0.2) is 11.6 Å². The molecule has 1 aromatic heterocycles. The average molecular weight is 296 g/mol. The number of rotatable bonds is 4. The Labute approximate surface area is 118 Å². The van der Waals surface area contributed by atoms with Crippen molar-refractivity contribution in [1.82, 2.24) is 9.97 Å². The summed E-state index contributed by atoms with van der Waals surface area (Å²) in [6.45, 7) is 2.42. The van der Waals surface area contributed by atoms with Gasteiger partial charge < -0.3 is 10.6 Å². The van der Waals surface area contributed by atoms with Crippen molar-refractivity contribution in [2.24, 2.45) is 0 Å². The van der Waals surface area contributed by atoms with Crippen LogP contribution in [-0.4, -0.2) is 22.4 Å². The second-order valence-electron chi connectivity index (χ2n) is 4.02. The highest BCUT2D eigenvalue weighted by Gasteiger charge is 2.15. The zero-order valence-electron chi connectivity index (χ0n) is 11.0. The number of hydrogen-bond donors (Lipinski definition) is 2. The number of carbonyl (C=O) groups is 1. The van der Waals surface area contributed by atoms with Gasteiger partial charge in [0, 0.05) is 18.7 Å². The highest BCUT2D eigenvalue weighted by molar-refractivity contribution is 6.02. The maximum absolute atomic E-state index is 13.4. The lowest BCUT2D eigenvalue weighted by molar-refractivity contribution is 0.102. The lowest BCUT2D eigenvalue weighted by Gasteiger charge is -2.07. The Morgan fingerprint density at radius 2 is 1.86 bits per heavy atom. The monoisotopic (exact) mass is 296 g/mol. The minimum Gasteiger partial charge on any atom is -0.369 e. The Hall–Kier alpha value is -2.64. The van der Waals surface area contributed by atoms with Gasteiger partial charge in [0.1, 0.15) is 17.3 Å². The molecular formula is C13H11F3N4O. The van der Waals surface area contributed by atoms with Crippen LogP contribution in [0.3, 0.4) is 0 Å². The minimum atomic E-state index is -1.33. The average Bonchev–Trinajstić information content (AvgIpc) is 2.45. The molecule has 0 aliphatic heterocycles. The van der Waals surface area contributed by atoms with E-state index in [0.717, 1.165) is 0 Å². The standard InChI is InChI=1S/C13H11F3N4O/c1-2-18-12-6-17-5-11(19-12)13(21)20-10-4-8(15)7(14)3-9(10)16/h3-6H,2H2,1H3,(H,18,19)(H,20,21). The van der Waals surface area contributed by atoms with E-state index in [0.29, 0.717) is 24.5 Å². The highest BCUT2D eigenvalue weighted by atomic mass is 19.2. The van der Waals surface area contributed by atoms with Gasteiger partial charge in [-0.25, -0.2) is 18.2 Å². The van der Waals surface area contributed by atoms with Crippen molar-refractivity contribution >= 4 is 17.4 Å². The van der Waals surface area contributed by atoms with E-state index in [4.69, 9.17) is 0 Å². The van der Waals surface area contributed by atoms with Crippen molar-refractivity contribution in [3.63, 3.8) is 0 Å². The van der Waals surface area contributed by atoms with E-state index in [-0.39, 0.29) is 5.69 Å². The molecule has 0 aliphatic rings. The Morgan fingerprint density at radius 3 is 2.57 bits per heavy atom. The van der Waals surface area contributed by atoms with E-state index in [1.165, 1.54) is 12.4 Å². The fraction of sp³-hybridized carbons (Fsp3) is 0.154. The van der Waals surface area contributed by atoms with Gasteiger partial charge in [0.25, 0.3) is 5.91 Å². The van der Waals surface area contributed by atoms with Crippen LogP contribution in [0.1, 0.15) is 17.4 Å². The first kappa shape index (κ1) is 14.8. The van der Waals surface area contributed by atoms with Gasteiger partial charge >= 0.3 is 0 Å². The maximum atomic E-state index is 13.4. The molecule has 21 heavy (non-hydrogen) atoms. The van der Waals surface area contributed by atoms with Crippen LogP contribution in [0.5, 0.6) is 0 Å². The van der Waals surface area contributed by atoms with Gasteiger partial charge in [0.2, 0.25) is 0 Å². The summed E-state index contributed by atoms with van der Waals surface area (Å²) in [7, 11) is 0. The van der Waals surface area contributed by atoms with E-state index in [2.05, 4.69) is 20.6 Å². The van der Waals surface area contributed by atoms with Crippen molar-refractivity contribution in [1.29, 1.82) is 0 Å². The van der Waals surface area contributed by atoms with Crippen molar-refractivity contribution in [3.8, 4) is 0 Å². The van der Waals surface area contributed by atoms with Crippen LogP contribution < -0.4 is 10.6 Å². The Balaban J connectivity index is 2.22. The van der Waals surface area contributed by atoms with Crippen LogP contribution in [-0.2, 0) is 0 Å². The fourth-order valence-corrected chi connectivity index (χ4v) is 1.55. The second-order valence-corrected chi connectivity index (χ2v) is 4.02. The smallest absolute Gasteiger partial charge is 0.276 e. The number of nitrogens with zero attached hydrogens (tertiary/aromatic N) is 2. The predicted octanol–water partition coefficient (Wildman–Crippen LogP) is 2.58.